The number of allylic oxidation sites excluding steroid dienone is 4. The quantitative estimate of drug-likeness (QED) is 0.205. The molecule has 1 atom stereocenters. The summed E-state index contributed by atoms with van der Waals surface area (Å²) in [5, 5.41) is 8.52. The maximum Gasteiger partial charge on any atom is 0.174 e. The molecule has 128 valence electrons. The molecule has 3 aromatic carbocycles. The van der Waals surface area contributed by atoms with Crippen molar-refractivity contribution >= 4 is 56.0 Å². The van der Waals surface area contributed by atoms with Crippen LogP contribution < -0.4 is 35.2 Å². The fraction of sp³-hybridized carbons (Fsp3) is 0.150. The molecule has 5 rings (SSSR count). The Morgan fingerprint density at radius 2 is 1.88 bits per heavy atom. The van der Waals surface area contributed by atoms with E-state index < -0.39 is 7.38 Å². The first-order chi connectivity index (χ1) is 10.7. The molecule has 0 saturated heterocycles. The minimum atomic E-state index is -1.85. The monoisotopic (exact) mass is 569 g/mol. The van der Waals surface area contributed by atoms with E-state index in [2.05, 4.69) is 61.5 Å². The molecule has 0 bridgehead atoms. The first-order valence-corrected chi connectivity index (χ1v) is 11.2. The van der Waals surface area contributed by atoms with Gasteiger partial charge in [0.25, 0.3) is 0 Å². The summed E-state index contributed by atoms with van der Waals surface area (Å²) in [6.07, 6.45) is 7.70. The molecule has 0 aromatic heterocycles. The van der Waals surface area contributed by atoms with Crippen LogP contribution in [0.5, 0.6) is 0 Å². The number of hydrogen-bond acceptors (Lipinski definition) is 0. The topological polar surface area (TPSA) is 0 Å². The predicted octanol–water partition coefficient (Wildman–Crippen LogP) is -1.31. The number of fused-ring (bicyclic) bond motifs is 5. The Kier molecular flexibility index (Phi) is 6.23. The Morgan fingerprint density at radius 1 is 1.12 bits per heavy atom. The number of benzene rings is 2. The van der Waals surface area contributed by atoms with Crippen LogP contribution in [0, 0.1) is 0 Å². The minimum Gasteiger partial charge on any atom is -1.00 e. The number of hydrogen-bond donors (Lipinski definition) is 0. The average molecular weight is 569 g/mol. The van der Waals surface area contributed by atoms with Crippen molar-refractivity contribution in [3.8, 4) is 0 Å². The third kappa shape index (κ3) is 2.85. The molecule has 0 spiro atoms. The first kappa shape index (κ1) is 21.1. The van der Waals surface area contributed by atoms with Crippen LogP contribution in [0.3, 0.4) is 0 Å². The Hall–Kier alpha value is -0.253. The van der Waals surface area contributed by atoms with E-state index in [-0.39, 0.29) is 50.7 Å². The summed E-state index contributed by atoms with van der Waals surface area (Å²) < 4.78 is 0. The molecule has 1 aliphatic carbocycles. The zero-order valence-corrected chi connectivity index (χ0v) is 20.6. The molecule has 0 nitrogen and oxygen atoms in total. The molecule has 5 heteroatoms. The summed E-state index contributed by atoms with van der Waals surface area (Å²) >= 11 is 7.11. The van der Waals surface area contributed by atoms with Crippen molar-refractivity contribution in [2.75, 3.05) is 0 Å². The van der Waals surface area contributed by atoms with E-state index in [1.807, 2.05) is 0 Å². The van der Waals surface area contributed by atoms with Gasteiger partial charge in [-0.1, -0.05) is 59.8 Å². The third-order valence-corrected chi connectivity index (χ3v) is 10.5. The van der Waals surface area contributed by atoms with Gasteiger partial charge in [0, 0.05) is 25.8 Å². The number of rotatable bonds is 2. The zero-order chi connectivity index (χ0) is 14.9. The van der Waals surface area contributed by atoms with E-state index in [4.69, 9.17) is 11.1 Å². The largest absolute Gasteiger partial charge is 1.00 e. The molecule has 2 aliphatic rings. The molecule has 0 fully saturated rings. The maximum atomic E-state index is 7.11. The van der Waals surface area contributed by atoms with E-state index in [0.717, 1.165) is 12.5 Å². The van der Waals surface area contributed by atoms with Crippen molar-refractivity contribution in [3.05, 3.63) is 60.2 Å². The van der Waals surface area contributed by atoms with Crippen molar-refractivity contribution < 1.29 is 50.7 Å². The van der Waals surface area contributed by atoms with Crippen LogP contribution in [-0.4, -0.2) is 7.38 Å². The second kappa shape index (κ2) is 7.40. The molecule has 0 saturated carbocycles. The van der Waals surface area contributed by atoms with Crippen molar-refractivity contribution in [2.45, 2.75) is 19.4 Å². The normalized spacial score (nSPS) is 19.7. The molecule has 3 aromatic rings. The van der Waals surface area contributed by atoms with Crippen LogP contribution in [0.15, 0.2) is 54.6 Å². The fourth-order valence-electron chi connectivity index (χ4n) is 4.07. The molecule has 1 aliphatic heterocycles. The molecule has 25 heavy (non-hydrogen) atoms. The van der Waals surface area contributed by atoms with Gasteiger partial charge in [-0.15, -0.1) is 33.7 Å². The van der Waals surface area contributed by atoms with Gasteiger partial charge >= 0.3 is 0 Å². The standard InChI is InChI=1S/C20H16ClSi.2ClH.Hf/c1-2-22(21)19-16(13-7-3-4-8-13)12-17-15-10-6-5-9-14(15)11-18(17)20(19)22;;;/h3-7,9-12H,2,8H2,1H3;2*1H;/q-1;;;/p-2. The third-order valence-electron chi connectivity index (χ3n) is 5.25. The van der Waals surface area contributed by atoms with E-state index in [9.17, 15) is 0 Å². The molecule has 0 amide bonds. The van der Waals surface area contributed by atoms with Gasteiger partial charge in [0.2, 0.25) is 0 Å². The van der Waals surface area contributed by atoms with Gasteiger partial charge in [-0.05, 0) is 23.6 Å². The molecular weight excluding hydrogens is 553 g/mol. The van der Waals surface area contributed by atoms with E-state index in [1.165, 1.54) is 43.1 Å². The molecular formula is C20H16Cl3HfSi-3. The van der Waals surface area contributed by atoms with Gasteiger partial charge in [-0.25, -0.2) is 0 Å². The maximum absolute atomic E-state index is 7.11. The summed E-state index contributed by atoms with van der Waals surface area (Å²) in [5.74, 6) is 0. The van der Waals surface area contributed by atoms with Gasteiger partial charge in [-0.2, -0.15) is 11.1 Å². The van der Waals surface area contributed by atoms with Crippen LogP contribution in [0.1, 0.15) is 18.9 Å². The van der Waals surface area contributed by atoms with E-state index >= 15 is 0 Å². The van der Waals surface area contributed by atoms with E-state index in [1.54, 1.807) is 0 Å². The summed E-state index contributed by atoms with van der Waals surface area (Å²) in [4.78, 5) is 0. The summed E-state index contributed by atoms with van der Waals surface area (Å²) in [6, 6.07) is 14.6. The van der Waals surface area contributed by atoms with Gasteiger partial charge in [0.1, 0.15) is 0 Å². The smallest absolute Gasteiger partial charge is 0.174 e. The predicted molar refractivity (Wildman–Crippen MR) is 100 cm³/mol. The van der Waals surface area contributed by atoms with Crippen molar-refractivity contribution in [3.63, 3.8) is 0 Å². The van der Waals surface area contributed by atoms with E-state index in [0.29, 0.717) is 0 Å². The second-order valence-electron chi connectivity index (χ2n) is 6.35. The summed E-state index contributed by atoms with van der Waals surface area (Å²) in [6.45, 7) is 2.25. The van der Waals surface area contributed by atoms with Crippen molar-refractivity contribution in [1.82, 2.24) is 0 Å². The Balaban J connectivity index is 0.000000751. The van der Waals surface area contributed by atoms with Gasteiger partial charge < -0.3 is 24.8 Å². The summed E-state index contributed by atoms with van der Waals surface area (Å²) in [7, 11) is -1.85. The van der Waals surface area contributed by atoms with Crippen molar-refractivity contribution in [1.29, 1.82) is 0 Å². The van der Waals surface area contributed by atoms with Crippen LogP contribution >= 0.6 is 11.1 Å². The molecule has 0 radical (unpaired) electrons. The fourth-order valence-corrected chi connectivity index (χ4v) is 8.66. The summed E-state index contributed by atoms with van der Waals surface area (Å²) in [5.41, 5.74) is 2.86. The molecule has 1 unspecified atom stereocenters. The van der Waals surface area contributed by atoms with Crippen LogP contribution in [0.2, 0.25) is 6.04 Å². The molecule has 1 heterocycles. The van der Waals surface area contributed by atoms with Gasteiger partial charge in [0.15, 0.2) is 7.38 Å². The van der Waals surface area contributed by atoms with Crippen molar-refractivity contribution in [2.24, 2.45) is 0 Å². The second-order valence-corrected chi connectivity index (χ2v) is 11.6. The zero-order valence-electron chi connectivity index (χ0n) is 13.7. The van der Waals surface area contributed by atoms with Gasteiger partial charge in [-0.3, -0.25) is 0 Å². The van der Waals surface area contributed by atoms with Crippen LogP contribution in [-0.2, 0) is 25.8 Å². The minimum absolute atomic E-state index is 0. The first-order valence-electron chi connectivity index (χ1n) is 7.95. The number of halogens is 3. The Labute approximate surface area is 185 Å². The SMILES string of the molecule is CC[Si]1(Cl)c2c(C3=CC=CC3)cc3c([cH-]c4ccccc43)c21.[Cl-].[Cl-].[Hf]. The average Bonchev–Trinajstić information content (AvgIpc) is 2.94. The Bertz CT molecular complexity index is 1020. The van der Waals surface area contributed by atoms with Crippen LogP contribution in [0.25, 0.3) is 27.1 Å². The molecule has 0 N–H and O–H groups in total. The Morgan fingerprint density at radius 3 is 2.56 bits per heavy atom. The van der Waals surface area contributed by atoms with Gasteiger partial charge in [0.05, 0.1) is 0 Å². The van der Waals surface area contributed by atoms with Crippen LogP contribution in [0.4, 0.5) is 0 Å².